The fourth-order valence-electron chi connectivity index (χ4n) is 6.98. The van der Waals surface area contributed by atoms with Crippen LogP contribution in [0, 0.1) is 5.82 Å². The average molecular weight is 672 g/mol. The smallest absolute Gasteiger partial charge is 0.274 e. The molecule has 0 saturated carbocycles. The van der Waals surface area contributed by atoms with Crippen molar-refractivity contribution < 1.29 is 19.0 Å². The van der Waals surface area contributed by atoms with Crippen LogP contribution < -0.4 is 20.7 Å². The van der Waals surface area contributed by atoms with Gasteiger partial charge in [-0.05, 0) is 87.3 Å². The molecule has 0 bridgehead atoms. The summed E-state index contributed by atoms with van der Waals surface area (Å²) in [6.07, 6.45) is 8.47. The van der Waals surface area contributed by atoms with Gasteiger partial charge < -0.3 is 39.0 Å². The quantitative estimate of drug-likeness (QED) is 0.227. The van der Waals surface area contributed by atoms with Crippen LogP contribution in [-0.4, -0.2) is 90.4 Å². The van der Waals surface area contributed by atoms with Gasteiger partial charge in [-0.2, -0.15) is 0 Å². The first-order valence-corrected chi connectivity index (χ1v) is 16.9. The molecule has 0 radical (unpaired) electrons. The van der Waals surface area contributed by atoms with Crippen LogP contribution in [0.2, 0.25) is 0 Å². The minimum atomic E-state index is -0.461. The van der Waals surface area contributed by atoms with Crippen molar-refractivity contribution in [2.45, 2.75) is 44.9 Å². The summed E-state index contributed by atoms with van der Waals surface area (Å²) in [4.78, 5) is 36.0. The number of aryl methyl sites for hydroxylation is 2. The highest BCUT2D eigenvalue weighted by molar-refractivity contribution is 5.77. The molecule has 4 aromatic rings. The number of anilines is 4. The van der Waals surface area contributed by atoms with Crippen LogP contribution in [0.3, 0.4) is 0 Å². The number of aldehydes is 1. The third kappa shape index (κ3) is 7.41. The first-order valence-electron chi connectivity index (χ1n) is 16.9. The molecule has 0 amide bonds. The lowest BCUT2D eigenvalue weighted by Gasteiger charge is -2.28. The van der Waals surface area contributed by atoms with Crippen LogP contribution in [0.4, 0.5) is 27.3 Å². The second-order valence-electron chi connectivity index (χ2n) is 13.3. The van der Waals surface area contributed by atoms with E-state index < -0.39 is 5.82 Å². The van der Waals surface area contributed by atoms with E-state index in [2.05, 4.69) is 24.7 Å². The second-order valence-corrected chi connectivity index (χ2v) is 13.3. The van der Waals surface area contributed by atoms with E-state index in [1.54, 1.807) is 25.5 Å². The van der Waals surface area contributed by atoms with Gasteiger partial charge in [-0.15, -0.1) is 0 Å². The molecule has 1 unspecified atom stereocenters. The Morgan fingerprint density at radius 1 is 1.14 bits per heavy atom. The zero-order valence-corrected chi connectivity index (χ0v) is 28.8. The number of nitrogens with zero attached hydrogens (tertiary/aromatic N) is 6. The van der Waals surface area contributed by atoms with E-state index in [0.29, 0.717) is 60.2 Å². The number of aromatic nitrogens is 3. The Morgan fingerprint density at radius 2 is 1.96 bits per heavy atom. The average Bonchev–Trinajstić information content (AvgIpc) is 3.27. The van der Waals surface area contributed by atoms with Crippen LogP contribution in [0.25, 0.3) is 11.1 Å². The number of pyridine rings is 2. The molecule has 1 aromatic carbocycles. The number of halogens is 1. The number of benzene rings is 1. The summed E-state index contributed by atoms with van der Waals surface area (Å²) >= 11 is 0. The molecule has 11 nitrogen and oxygen atoms in total. The van der Waals surface area contributed by atoms with Crippen molar-refractivity contribution in [1.82, 2.24) is 19.0 Å². The van der Waals surface area contributed by atoms with Crippen LogP contribution in [0.5, 0.6) is 0 Å². The van der Waals surface area contributed by atoms with E-state index in [0.717, 1.165) is 50.7 Å². The van der Waals surface area contributed by atoms with Crippen molar-refractivity contribution in [2.75, 3.05) is 69.1 Å². The number of rotatable bonds is 11. The molecule has 0 spiro atoms. The number of hydrogen-bond donors (Lipinski definition) is 2. The molecule has 1 fully saturated rings. The van der Waals surface area contributed by atoms with E-state index >= 15 is 4.39 Å². The Morgan fingerprint density at radius 3 is 2.69 bits per heavy atom. The highest BCUT2D eigenvalue weighted by Gasteiger charge is 2.22. The zero-order valence-electron chi connectivity index (χ0n) is 28.8. The van der Waals surface area contributed by atoms with Gasteiger partial charge in [0.05, 0.1) is 37.4 Å². The van der Waals surface area contributed by atoms with Crippen molar-refractivity contribution >= 4 is 29.2 Å². The van der Waals surface area contributed by atoms with Gasteiger partial charge in [0, 0.05) is 75.0 Å². The van der Waals surface area contributed by atoms with Crippen molar-refractivity contribution in [3.05, 3.63) is 87.5 Å². The lowest BCUT2D eigenvalue weighted by Crippen LogP contribution is -2.41. The third-order valence-corrected chi connectivity index (χ3v) is 9.83. The first kappa shape index (κ1) is 34.3. The lowest BCUT2D eigenvalue weighted by atomic mass is 9.98. The highest BCUT2D eigenvalue weighted by atomic mass is 19.1. The van der Waals surface area contributed by atoms with E-state index in [9.17, 15) is 14.7 Å². The Labute approximate surface area is 286 Å². The van der Waals surface area contributed by atoms with Crippen LogP contribution in [0.15, 0.2) is 53.6 Å². The van der Waals surface area contributed by atoms with Crippen molar-refractivity contribution in [1.29, 1.82) is 0 Å². The summed E-state index contributed by atoms with van der Waals surface area (Å²) in [6, 6.07) is 10.5. The van der Waals surface area contributed by atoms with Gasteiger partial charge in [0.15, 0.2) is 6.29 Å². The zero-order chi connectivity index (χ0) is 34.7. The minimum absolute atomic E-state index is 0.262. The number of carbonyl (C=O) groups excluding carboxylic acids is 1. The molecule has 1 aliphatic heterocycles. The van der Waals surface area contributed by atoms with E-state index in [-0.39, 0.29) is 23.9 Å². The predicted octanol–water partition coefficient (Wildman–Crippen LogP) is 4.22. The Bertz CT molecular complexity index is 1850. The van der Waals surface area contributed by atoms with Crippen LogP contribution in [0.1, 0.15) is 40.2 Å². The molecule has 12 heteroatoms. The molecule has 2 N–H and O–H groups in total. The van der Waals surface area contributed by atoms with Crippen LogP contribution >= 0.6 is 0 Å². The molecule has 1 atom stereocenters. The van der Waals surface area contributed by atoms with E-state index in [4.69, 9.17) is 4.74 Å². The Hall–Kier alpha value is -4.52. The molecular formula is C37H46FN7O4. The van der Waals surface area contributed by atoms with Crippen LogP contribution in [-0.2, 0) is 37.8 Å². The minimum Gasteiger partial charge on any atom is -0.392 e. The number of ether oxygens (including phenoxy) is 1. The maximum Gasteiger partial charge on any atom is 0.274 e. The standard InChI is InChI=1S/C37H46FN7O4/c1-41(2)30-21-44(13-14-49-24-30)28-9-10-36(39-19-28)40-33-16-26(20-43(4)37(33)48)31-17-27(38)18-35(32(31)23-47)42(3)11-12-45-29(22-46)15-25-7-5-6-8-34(25)45/h9-10,15-20,22,30,47H,5-8,11-14,21,23-24H2,1-4H3,(H,39,40). The fraction of sp³-hybridized carbons (Fsp3) is 0.432. The van der Waals surface area contributed by atoms with Crippen molar-refractivity contribution in [3.63, 3.8) is 0 Å². The molecule has 260 valence electrons. The number of fused-ring (bicyclic) bond motifs is 1. The topological polar surface area (TPSA) is 108 Å². The largest absolute Gasteiger partial charge is 0.392 e. The normalized spacial score (nSPS) is 16.4. The SMILES string of the molecule is CN(CCn1c(C=O)cc2c1CCCC2)c1cc(F)cc(-c2cc(Nc3ccc(N4CCOCC(N(C)C)C4)cn3)c(=O)n(C)c2)c1CO. The van der Waals surface area contributed by atoms with Gasteiger partial charge in [-0.25, -0.2) is 9.37 Å². The van der Waals surface area contributed by atoms with E-state index in [1.807, 2.05) is 44.2 Å². The number of hydrogen-bond acceptors (Lipinski definition) is 9. The molecule has 2 aliphatic rings. The molecule has 1 aliphatic carbocycles. The van der Waals surface area contributed by atoms with E-state index in [1.165, 1.54) is 28.0 Å². The summed E-state index contributed by atoms with van der Waals surface area (Å²) in [7, 11) is 7.59. The van der Waals surface area contributed by atoms with Gasteiger partial charge in [0.25, 0.3) is 5.56 Å². The number of aliphatic hydroxyl groups is 1. The molecule has 1 saturated heterocycles. The first-order chi connectivity index (χ1) is 23.7. The number of nitrogens with one attached hydrogen (secondary N) is 1. The van der Waals surface area contributed by atoms with Gasteiger partial charge in [-0.1, -0.05) is 0 Å². The summed E-state index contributed by atoms with van der Waals surface area (Å²) < 4.78 is 24.6. The second kappa shape index (κ2) is 14.9. The molecule has 3 aromatic heterocycles. The number of aliphatic hydroxyl groups excluding tert-OH is 1. The molecule has 6 rings (SSSR count). The molecule has 49 heavy (non-hydrogen) atoms. The highest BCUT2D eigenvalue weighted by Crippen LogP contribution is 2.34. The molecular weight excluding hydrogens is 625 g/mol. The third-order valence-electron chi connectivity index (χ3n) is 9.83. The Balaban J connectivity index is 1.25. The summed E-state index contributed by atoms with van der Waals surface area (Å²) in [6.45, 7) is 3.60. The number of likely N-dealkylation sites (N-methyl/N-ethyl adjacent to an activating group) is 2. The fourth-order valence-corrected chi connectivity index (χ4v) is 6.98. The van der Waals surface area contributed by atoms with Gasteiger partial charge in [0.1, 0.15) is 17.3 Å². The summed E-state index contributed by atoms with van der Waals surface area (Å²) in [5.41, 5.74) is 6.20. The lowest BCUT2D eigenvalue weighted by molar-refractivity contribution is 0.103. The summed E-state index contributed by atoms with van der Waals surface area (Å²) in [5, 5.41) is 13.8. The predicted molar refractivity (Wildman–Crippen MR) is 191 cm³/mol. The van der Waals surface area contributed by atoms with Gasteiger partial charge in [-0.3, -0.25) is 9.59 Å². The Kier molecular flexibility index (Phi) is 10.5. The van der Waals surface area contributed by atoms with Crippen molar-refractivity contribution in [2.24, 2.45) is 7.05 Å². The van der Waals surface area contributed by atoms with Gasteiger partial charge >= 0.3 is 0 Å². The summed E-state index contributed by atoms with van der Waals surface area (Å²) in [5.74, 6) is 0.0363. The van der Waals surface area contributed by atoms with Crippen molar-refractivity contribution in [3.8, 4) is 11.1 Å². The monoisotopic (exact) mass is 671 g/mol. The maximum atomic E-state index is 15.3. The van der Waals surface area contributed by atoms with Gasteiger partial charge in [0.2, 0.25) is 0 Å². The number of carbonyl (C=O) groups is 1. The maximum absolute atomic E-state index is 15.3. The molecule has 4 heterocycles.